The fourth-order valence-corrected chi connectivity index (χ4v) is 1.93. The van der Waals surface area contributed by atoms with Crippen molar-refractivity contribution in [3.63, 3.8) is 0 Å². The summed E-state index contributed by atoms with van der Waals surface area (Å²) in [6.45, 7) is 0. The number of nitrogens with zero attached hydrogens (tertiary/aromatic N) is 1. The van der Waals surface area contributed by atoms with E-state index in [-0.39, 0.29) is 11.4 Å². The Kier molecular flexibility index (Phi) is 3.87. The molecule has 0 unspecified atom stereocenters. The Balaban J connectivity index is 2.47. The summed E-state index contributed by atoms with van der Waals surface area (Å²) in [7, 11) is 0. The third-order valence-corrected chi connectivity index (χ3v) is 2.92. The number of carboxylic acid groups (broad SMARTS) is 1. The minimum absolute atomic E-state index is 0.0381. The van der Waals surface area contributed by atoms with Crippen molar-refractivity contribution in [2.45, 2.75) is 0 Å². The van der Waals surface area contributed by atoms with E-state index >= 15 is 0 Å². The molecule has 0 aliphatic heterocycles. The van der Waals surface area contributed by atoms with Crippen LogP contribution >= 0.6 is 23.2 Å². The van der Waals surface area contributed by atoms with Crippen LogP contribution in [0.2, 0.25) is 10.0 Å². The Hall–Kier alpha value is -1.85. The molecule has 19 heavy (non-hydrogen) atoms. The van der Waals surface area contributed by atoms with E-state index < -0.39 is 11.8 Å². The van der Waals surface area contributed by atoms with Gasteiger partial charge in [-0.25, -0.2) is 14.2 Å². The summed E-state index contributed by atoms with van der Waals surface area (Å²) >= 11 is 11.9. The first-order chi connectivity index (χ1) is 8.99. The van der Waals surface area contributed by atoms with E-state index in [1.807, 2.05) is 0 Å². The lowest BCUT2D eigenvalue weighted by molar-refractivity contribution is 0.0697. The number of carbonyl (C=O) groups is 1. The van der Waals surface area contributed by atoms with Crippen molar-refractivity contribution in [2.24, 2.45) is 0 Å². The van der Waals surface area contributed by atoms with E-state index in [1.54, 1.807) is 18.2 Å². The summed E-state index contributed by atoms with van der Waals surface area (Å²) in [6.07, 6.45) is 0.902. The van der Waals surface area contributed by atoms with E-state index in [0.717, 1.165) is 12.3 Å². The van der Waals surface area contributed by atoms with Crippen LogP contribution in [0.5, 0.6) is 0 Å². The van der Waals surface area contributed by atoms with E-state index in [4.69, 9.17) is 28.3 Å². The van der Waals surface area contributed by atoms with Gasteiger partial charge in [0.05, 0.1) is 21.9 Å². The van der Waals surface area contributed by atoms with Crippen molar-refractivity contribution < 1.29 is 14.3 Å². The van der Waals surface area contributed by atoms with Crippen molar-refractivity contribution >= 4 is 40.7 Å². The van der Waals surface area contributed by atoms with Gasteiger partial charge in [0, 0.05) is 0 Å². The molecular weight excluding hydrogens is 294 g/mol. The molecule has 1 aromatic heterocycles. The summed E-state index contributed by atoms with van der Waals surface area (Å²) < 4.78 is 13.0. The average molecular weight is 301 g/mol. The Labute approximate surface area is 117 Å². The SMILES string of the molecule is O=C(O)c1cc(F)cnc1Nc1c(Cl)cccc1Cl. The van der Waals surface area contributed by atoms with Crippen LogP contribution in [0.1, 0.15) is 10.4 Å². The van der Waals surface area contributed by atoms with Gasteiger partial charge in [-0.2, -0.15) is 0 Å². The minimum Gasteiger partial charge on any atom is -0.478 e. The third kappa shape index (κ3) is 2.94. The van der Waals surface area contributed by atoms with Crippen LogP contribution in [-0.2, 0) is 0 Å². The topological polar surface area (TPSA) is 62.2 Å². The normalized spacial score (nSPS) is 10.3. The van der Waals surface area contributed by atoms with E-state index in [1.165, 1.54) is 0 Å². The van der Waals surface area contributed by atoms with Gasteiger partial charge in [0.15, 0.2) is 0 Å². The van der Waals surface area contributed by atoms with Gasteiger partial charge in [-0.05, 0) is 18.2 Å². The maximum atomic E-state index is 13.0. The highest BCUT2D eigenvalue weighted by Crippen LogP contribution is 2.32. The second-order valence-corrected chi connectivity index (χ2v) is 4.39. The fourth-order valence-electron chi connectivity index (χ4n) is 1.44. The molecule has 0 amide bonds. The molecule has 2 aromatic rings. The van der Waals surface area contributed by atoms with Crippen LogP contribution in [0, 0.1) is 5.82 Å². The van der Waals surface area contributed by atoms with Crippen LogP contribution in [0.25, 0.3) is 0 Å². The van der Waals surface area contributed by atoms with E-state index in [9.17, 15) is 9.18 Å². The summed E-state index contributed by atoms with van der Waals surface area (Å²) in [5.41, 5.74) is 0.00317. The summed E-state index contributed by atoms with van der Waals surface area (Å²) in [4.78, 5) is 14.7. The maximum Gasteiger partial charge on any atom is 0.339 e. The lowest BCUT2D eigenvalue weighted by Gasteiger charge is -2.11. The number of hydrogen-bond acceptors (Lipinski definition) is 3. The minimum atomic E-state index is -1.31. The molecule has 0 saturated carbocycles. The fraction of sp³-hybridized carbons (Fsp3) is 0. The molecular formula is C12H7Cl2FN2O2. The Morgan fingerprint density at radius 2 is 1.95 bits per heavy atom. The van der Waals surface area contributed by atoms with Crippen LogP contribution in [0.4, 0.5) is 15.9 Å². The van der Waals surface area contributed by atoms with Crippen LogP contribution < -0.4 is 5.32 Å². The smallest absolute Gasteiger partial charge is 0.339 e. The van der Waals surface area contributed by atoms with Gasteiger partial charge in [-0.15, -0.1) is 0 Å². The zero-order valence-electron chi connectivity index (χ0n) is 9.32. The number of pyridine rings is 1. The molecule has 1 aromatic carbocycles. The van der Waals surface area contributed by atoms with Crippen molar-refractivity contribution in [3.05, 3.63) is 51.9 Å². The quantitative estimate of drug-likeness (QED) is 0.900. The molecule has 7 heteroatoms. The molecule has 0 radical (unpaired) electrons. The number of halogens is 3. The first-order valence-corrected chi connectivity index (χ1v) is 5.84. The number of rotatable bonds is 3. The molecule has 0 aliphatic rings. The number of aromatic carboxylic acids is 1. The lowest BCUT2D eigenvalue weighted by Crippen LogP contribution is -2.06. The molecule has 2 rings (SSSR count). The zero-order chi connectivity index (χ0) is 14.0. The van der Waals surface area contributed by atoms with Crippen LogP contribution in [0.3, 0.4) is 0 Å². The first kappa shape index (κ1) is 13.6. The second-order valence-electron chi connectivity index (χ2n) is 3.58. The number of benzene rings is 1. The Morgan fingerprint density at radius 1 is 1.32 bits per heavy atom. The molecule has 0 fully saturated rings. The molecule has 1 heterocycles. The molecule has 0 aliphatic carbocycles. The number of nitrogens with one attached hydrogen (secondary N) is 1. The first-order valence-electron chi connectivity index (χ1n) is 5.09. The van der Waals surface area contributed by atoms with Gasteiger partial charge in [0.25, 0.3) is 0 Å². The highest BCUT2D eigenvalue weighted by molar-refractivity contribution is 6.39. The van der Waals surface area contributed by atoms with Gasteiger partial charge in [-0.1, -0.05) is 29.3 Å². The zero-order valence-corrected chi connectivity index (χ0v) is 10.8. The Morgan fingerprint density at radius 3 is 2.53 bits per heavy atom. The van der Waals surface area contributed by atoms with Crippen molar-refractivity contribution in [2.75, 3.05) is 5.32 Å². The summed E-state index contributed by atoms with van der Waals surface area (Å²) in [6, 6.07) is 5.67. The van der Waals surface area contributed by atoms with Gasteiger partial charge in [0.2, 0.25) is 0 Å². The number of anilines is 2. The van der Waals surface area contributed by atoms with Crippen LogP contribution in [-0.4, -0.2) is 16.1 Å². The van der Waals surface area contributed by atoms with Gasteiger partial charge in [0.1, 0.15) is 17.2 Å². The second kappa shape index (κ2) is 5.42. The third-order valence-electron chi connectivity index (χ3n) is 2.29. The standard InChI is InChI=1S/C12H7Cl2FN2O2/c13-8-2-1-3-9(14)10(8)17-11-7(12(18)19)4-6(15)5-16-11/h1-5H,(H,16,17)(H,18,19). The molecule has 2 N–H and O–H groups in total. The number of hydrogen-bond donors (Lipinski definition) is 2. The summed E-state index contributed by atoms with van der Waals surface area (Å²) in [5, 5.41) is 12.3. The number of aromatic nitrogens is 1. The highest BCUT2D eigenvalue weighted by atomic mass is 35.5. The largest absolute Gasteiger partial charge is 0.478 e. The van der Waals surface area contributed by atoms with Gasteiger partial charge >= 0.3 is 5.97 Å². The number of para-hydroxylation sites is 1. The predicted octanol–water partition coefficient (Wildman–Crippen LogP) is 3.97. The molecule has 0 spiro atoms. The van der Waals surface area contributed by atoms with Gasteiger partial charge < -0.3 is 10.4 Å². The lowest BCUT2D eigenvalue weighted by atomic mass is 10.2. The maximum absolute atomic E-state index is 13.0. The van der Waals surface area contributed by atoms with Crippen LogP contribution in [0.15, 0.2) is 30.5 Å². The molecule has 0 bridgehead atoms. The monoisotopic (exact) mass is 300 g/mol. The van der Waals surface area contributed by atoms with E-state index in [2.05, 4.69) is 10.3 Å². The average Bonchev–Trinajstić information content (AvgIpc) is 2.35. The molecule has 0 atom stereocenters. The highest BCUT2D eigenvalue weighted by Gasteiger charge is 2.15. The molecule has 98 valence electrons. The summed E-state index contributed by atoms with van der Waals surface area (Å²) in [5.74, 6) is -2.09. The predicted molar refractivity (Wildman–Crippen MR) is 70.9 cm³/mol. The van der Waals surface area contributed by atoms with Crippen molar-refractivity contribution in [1.82, 2.24) is 4.98 Å². The molecule has 4 nitrogen and oxygen atoms in total. The Bertz CT molecular complexity index is 629. The van der Waals surface area contributed by atoms with E-state index in [0.29, 0.717) is 15.7 Å². The molecule has 0 saturated heterocycles. The van der Waals surface area contributed by atoms with Gasteiger partial charge in [-0.3, -0.25) is 0 Å². The van der Waals surface area contributed by atoms with Crippen molar-refractivity contribution in [1.29, 1.82) is 0 Å². The number of carboxylic acids is 1. The van der Waals surface area contributed by atoms with Crippen molar-refractivity contribution in [3.8, 4) is 0 Å².